The topological polar surface area (TPSA) is 18.5 Å². The lowest BCUT2D eigenvalue weighted by Gasteiger charge is -2.25. The SMILES string of the molecule is CCO[Si](C)(CCCCCCc1cc(C(F)(F)F)cc(C(F)(F)F)c1)OCC. The average molecular weight is 431 g/mol. The van der Waals surface area contributed by atoms with Gasteiger partial charge >= 0.3 is 20.9 Å². The maximum atomic E-state index is 12.9. The van der Waals surface area contributed by atoms with E-state index in [0.29, 0.717) is 19.6 Å². The lowest BCUT2D eigenvalue weighted by atomic mass is 10.00. The average Bonchev–Trinajstić information content (AvgIpc) is 2.56. The third-order valence-corrected chi connectivity index (χ3v) is 7.45. The molecule has 28 heavy (non-hydrogen) atoms. The second kappa shape index (κ2) is 10.6. The summed E-state index contributed by atoms with van der Waals surface area (Å²) in [5, 5.41) is 0. The van der Waals surface area contributed by atoms with Crippen LogP contribution in [0.1, 0.15) is 56.2 Å². The van der Waals surface area contributed by atoms with Crippen molar-refractivity contribution in [2.45, 2.75) is 70.9 Å². The van der Waals surface area contributed by atoms with Gasteiger partial charge in [-0.15, -0.1) is 0 Å². The molecule has 0 bridgehead atoms. The highest BCUT2D eigenvalue weighted by Crippen LogP contribution is 2.36. The summed E-state index contributed by atoms with van der Waals surface area (Å²) in [6, 6.07) is 2.60. The molecule has 0 aliphatic carbocycles. The van der Waals surface area contributed by atoms with Gasteiger partial charge < -0.3 is 8.85 Å². The fraction of sp³-hybridized carbons (Fsp3) is 0.684. The molecule has 0 unspecified atom stereocenters. The molecular formula is C19H28F6O2Si. The Kier molecular flexibility index (Phi) is 9.49. The van der Waals surface area contributed by atoms with Crippen LogP contribution in [0.25, 0.3) is 0 Å². The van der Waals surface area contributed by atoms with E-state index >= 15 is 0 Å². The summed E-state index contributed by atoms with van der Waals surface area (Å²) in [5.41, 5.74) is -2.45. The molecule has 1 aromatic rings. The Balaban J connectivity index is 2.59. The number of alkyl halides is 6. The Morgan fingerprint density at radius 3 is 1.64 bits per heavy atom. The number of hydrogen-bond donors (Lipinski definition) is 0. The van der Waals surface area contributed by atoms with Gasteiger partial charge in [0, 0.05) is 13.2 Å². The van der Waals surface area contributed by atoms with Crippen LogP contribution in [0.5, 0.6) is 0 Å². The number of unbranched alkanes of at least 4 members (excludes halogenated alkanes) is 3. The van der Waals surface area contributed by atoms with E-state index in [1.807, 2.05) is 20.4 Å². The van der Waals surface area contributed by atoms with Crippen molar-refractivity contribution >= 4 is 8.56 Å². The summed E-state index contributed by atoms with van der Waals surface area (Å²) in [4.78, 5) is 0. The van der Waals surface area contributed by atoms with Crippen LogP contribution >= 0.6 is 0 Å². The van der Waals surface area contributed by atoms with E-state index in [0.717, 1.165) is 37.4 Å². The van der Waals surface area contributed by atoms with Crippen molar-refractivity contribution in [1.29, 1.82) is 0 Å². The zero-order valence-corrected chi connectivity index (χ0v) is 17.5. The van der Waals surface area contributed by atoms with Crippen LogP contribution in [0, 0.1) is 0 Å². The first kappa shape index (κ1) is 25.0. The molecule has 0 amide bonds. The number of aryl methyl sites for hydroxylation is 1. The molecule has 9 heteroatoms. The van der Waals surface area contributed by atoms with Crippen molar-refractivity contribution in [3.05, 3.63) is 34.9 Å². The zero-order chi connectivity index (χ0) is 21.4. The van der Waals surface area contributed by atoms with Crippen LogP contribution in [0.15, 0.2) is 18.2 Å². The molecule has 0 heterocycles. The first-order chi connectivity index (χ1) is 12.9. The van der Waals surface area contributed by atoms with Gasteiger partial charge in [0.25, 0.3) is 0 Å². The predicted molar refractivity (Wildman–Crippen MR) is 98.3 cm³/mol. The molecule has 162 valence electrons. The van der Waals surface area contributed by atoms with Gasteiger partial charge in [-0.05, 0) is 63.0 Å². The minimum Gasteiger partial charge on any atom is -0.395 e. The fourth-order valence-electron chi connectivity index (χ4n) is 3.09. The zero-order valence-electron chi connectivity index (χ0n) is 16.5. The van der Waals surface area contributed by atoms with Gasteiger partial charge in [0.1, 0.15) is 0 Å². The van der Waals surface area contributed by atoms with Crippen LogP contribution < -0.4 is 0 Å². The largest absolute Gasteiger partial charge is 0.416 e. The van der Waals surface area contributed by atoms with E-state index in [1.165, 1.54) is 0 Å². The molecule has 0 fully saturated rings. The van der Waals surface area contributed by atoms with E-state index in [1.54, 1.807) is 0 Å². The molecule has 0 aromatic heterocycles. The predicted octanol–water partition coefficient (Wildman–Crippen LogP) is 6.97. The third-order valence-electron chi connectivity index (χ3n) is 4.39. The van der Waals surface area contributed by atoms with E-state index in [-0.39, 0.29) is 18.1 Å². The molecule has 0 atom stereocenters. The highest BCUT2D eigenvalue weighted by molar-refractivity contribution is 6.66. The Bertz CT molecular complexity index is 563. The van der Waals surface area contributed by atoms with Crippen LogP contribution in [0.3, 0.4) is 0 Å². The van der Waals surface area contributed by atoms with Crippen molar-refractivity contribution in [2.75, 3.05) is 13.2 Å². The van der Waals surface area contributed by atoms with Gasteiger partial charge in [0.2, 0.25) is 0 Å². The lowest BCUT2D eigenvalue weighted by Crippen LogP contribution is -2.38. The van der Waals surface area contributed by atoms with E-state index in [4.69, 9.17) is 8.85 Å². The molecular weight excluding hydrogens is 402 g/mol. The quantitative estimate of drug-likeness (QED) is 0.214. The van der Waals surface area contributed by atoms with Crippen LogP contribution in [0.2, 0.25) is 12.6 Å². The van der Waals surface area contributed by atoms with Gasteiger partial charge in [0.05, 0.1) is 11.1 Å². The maximum absolute atomic E-state index is 12.9. The minimum atomic E-state index is -4.80. The summed E-state index contributed by atoms with van der Waals surface area (Å²) < 4.78 is 88.7. The maximum Gasteiger partial charge on any atom is 0.416 e. The molecule has 0 spiro atoms. The molecule has 0 N–H and O–H groups in total. The minimum absolute atomic E-state index is 0.0602. The smallest absolute Gasteiger partial charge is 0.395 e. The summed E-state index contributed by atoms with van der Waals surface area (Å²) in [5.74, 6) is 0. The van der Waals surface area contributed by atoms with Crippen LogP contribution in [-0.4, -0.2) is 21.8 Å². The van der Waals surface area contributed by atoms with Crippen molar-refractivity contribution in [3.8, 4) is 0 Å². The van der Waals surface area contributed by atoms with Crippen LogP contribution in [0.4, 0.5) is 26.3 Å². The van der Waals surface area contributed by atoms with Gasteiger partial charge in [-0.1, -0.05) is 19.3 Å². The van der Waals surface area contributed by atoms with E-state index < -0.39 is 32.0 Å². The number of benzene rings is 1. The number of hydrogen-bond acceptors (Lipinski definition) is 2. The molecule has 0 saturated carbocycles. The van der Waals surface area contributed by atoms with E-state index in [2.05, 4.69) is 0 Å². The van der Waals surface area contributed by atoms with Gasteiger partial charge in [0.15, 0.2) is 0 Å². The molecule has 0 radical (unpaired) electrons. The standard InChI is InChI=1S/C19H28F6O2Si/c1-4-26-28(3,27-5-2)11-9-7-6-8-10-15-12-16(18(20,21)22)14-17(13-15)19(23,24)25/h12-14H,4-11H2,1-3H3. The van der Waals surface area contributed by atoms with Gasteiger partial charge in [-0.25, -0.2) is 0 Å². The van der Waals surface area contributed by atoms with Crippen molar-refractivity contribution < 1.29 is 35.2 Å². The second-order valence-electron chi connectivity index (χ2n) is 6.83. The molecule has 0 aliphatic heterocycles. The van der Waals surface area contributed by atoms with Gasteiger partial charge in [-0.3, -0.25) is 0 Å². The highest BCUT2D eigenvalue weighted by atomic mass is 28.4. The monoisotopic (exact) mass is 430 g/mol. The summed E-state index contributed by atoms with van der Waals surface area (Å²) in [6.07, 6.45) is -6.49. The normalized spacial score (nSPS) is 13.2. The first-order valence-corrected chi connectivity index (χ1v) is 12.0. The fourth-order valence-corrected chi connectivity index (χ4v) is 5.57. The Morgan fingerprint density at radius 2 is 1.21 bits per heavy atom. The Hall–Kier alpha value is -1.06. The van der Waals surface area contributed by atoms with Crippen LogP contribution in [-0.2, 0) is 27.6 Å². The number of halogens is 6. The number of rotatable bonds is 11. The molecule has 1 aromatic carbocycles. The van der Waals surface area contributed by atoms with Crippen molar-refractivity contribution in [3.63, 3.8) is 0 Å². The highest BCUT2D eigenvalue weighted by Gasteiger charge is 2.36. The Morgan fingerprint density at radius 1 is 0.750 bits per heavy atom. The molecule has 0 saturated heterocycles. The summed E-state index contributed by atoms with van der Waals surface area (Å²) in [6.45, 7) is 6.99. The lowest BCUT2D eigenvalue weighted by molar-refractivity contribution is -0.143. The molecule has 0 aliphatic rings. The van der Waals surface area contributed by atoms with E-state index in [9.17, 15) is 26.3 Å². The third kappa shape index (κ3) is 8.53. The molecule has 1 rings (SSSR count). The first-order valence-electron chi connectivity index (χ1n) is 9.47. The Labute approximate surface area is 163 Å². The van der Waals surface area contributed by atoms with Crippen molar-refractivity contribution in [1.82, 2.24) is 0 Å². The second-order valence-corrected chi connectivity index (χ2v) is 10.2. The summed E-state index contributed by atoms with van der Waals surface area (Å²) in [7, 11) is -2.18. The van der Waals surface area contributed by atoms with Gasteiger partial charge in [-0.2, -0.15) is 26.3 Å². The van der Waals surface area contributed by atoms with Crippen molar-refractivity contribution in [2.24, 2.45) is 0 Å². The molecule has 2 nitrogen and oxygen atoms in total. The summed E-state index contributed by atoms with van der Waals surface area (Å²) >= 11 is 0.